The van der Waals surface area contributed by atoms with Crippen LogP contribution in [0.25, 0.3) is 0 Å². The Morgan fingerprint density at radius 1 is 1.29 bits per heavy atom. The van der Waals surface area contributed by atoms with Gasteiger partial charge in [0.25, 0.3) is 5.91 Å². The number of aryl methyl sites for hydroxylation is 1. The number of ether oxygens (including phenoxy) is 1. The first kappa shape index (κ1) is 20.9. The maximum Gasteiger partial charge on any atom is 0.259 e. The van der Waals surface area contributed by atoms with Crippen LogP contribution < -0.4 is 5.73 Å². The minimum Gasteiger partial charge on any atom is -0.386 e. The normalized spacial score (nSPS) is 24.8. The summed E-state index contributed by atoms with van der Waals surface area (Å²) in [4.78, 5) is 14.6. The zero-order valence-electron chi connectivity index (χ0n) is 17.8. The van der Waals surface area contributed by atoms with Gasteiger partial charge in [0.2, 0.25) is 0 Å². The number of carbonyl (C=O) groups is 1. The highest BCUT2D eigenvalue weighted by atomic mass is 16.5. The predicted octanol–water partition coefficient (Wildman–Crippen LogP) is 4.67. The Hall–Kier alpha value is -1.81. The second kappa shape index (κ2) is 8.69. The number of nitrogens with zero attached hydrogens (tertiary/aromatic N) is 1. The van der Waals surface area contributed by atoms with Crippen molar-refractivity contribution in [1.29, 1.82) is 0 Å². The van der Waals surface area contributed by atoms with Gasteiger partial charge in [-0.2, -0.15) is 0 Å². The van der Waals surface area contributed by atoms with E-state index in [0.29, 0.717) is 6.10 Å². The lowest BCUT2D eigenvalue weighted by molar-refractivity contribution is 0.0324. The molecule has 154 valence electrons. The van der Waals surface area contributed by atoms with Crippen LogP contribution in [-0.4, -0.2) is 31.1 Å². The topological polar surface area (TPSA) is 55.6 Å². The van der Waals surface area contributed by atoms with Crippen LogP contribution >= 0.6 is 0 Å². The number of benzene rings is 1. The molecule has 0 aromatic heterocycles. The zero-order chi connectivity index (χ0) is 20.3. The standard InChI is InChI=1S/C24H36N2O2/c1-17(25)26(3)23(27)22-15-19(8-7-18-5-6-18)9-10-20(22)16-24(2)13-11-21(28-4)12-14-24/h9-10,15,18,21H,1,5-8,11-14,16,25H2,2-4H3. The summed E-state index contributed by atoms with van der Waals surface area (Å²) >= 11 is 0. The molecule has 3 rings (SSSR count). The van der Waals surface area contributed by atoms with Crippen molar-refractivity contribution in [2.24, 2.45) is 17.1 Å². The van der Waals surface area contributed by atoms with Crippen molar-refractivity contribution in [3.63, 3.8) is 0 Å². The van der Waals surface area contributed by atoms with Gasteiger partial charge >= 0.3 is 0 Å². The highest BCUT2D eigenvalue weighted by Gasteiger charge is 2.33. The first-order valence-corrected chi connectivity index (χ1v) is 10.7. The first-order chi connectivity index (χ1) is 13.3. The van der Waals surface area contributed by atoms with Crippen molar-refractivity contribution in [1.82, 2.24) is 4.90 Å². The second-order valence-electron chi connectivity index (χ2n) is 9.25. The monoisotopic (exact) mass is 384 g/mol. The third kappa shape index (κ3) is 5.16. The lowest BCUT2D eigenvalue weighted by atomic mass is 9.70. The van der Waals surface area contributed by atoms with E-state index in [1.165, 1.54) is 29.7 Å². The Bertz CT molecular complexity index is 715. The Kier molecular flexibility index (Phi) is 6.49. The number of carbonyl (C=O) groups excluding carboxylic acids is 1. The average molecular weight is 385 g/mol. The van der Waals surface area contributed by atoms with Gasteiger partial charge in [0.15, 0.2) is 0 Å². The fourth-order valence-corrected chi connectivity index (χ4v) is 4.38. The Labute approximate surface area is 170 Å². The van der Waals surface area contributed by atoms with E-state index in [1.54, 1.807) is 14.2 Å². The SMILES string of the molecule is C=C(N)N(C)C(=O)c1cc(CCC2CC2)ccc1CC1(C)CCC(OC)CC1. The molecule has 1 amide bonds. The van der Waals surface area contributed by atoms with Gasteiger partial charge in [-0.1, -0.05) is 38.5 Å². The number of rotatable bonds is 8. The van der Waals surface area contributed by atoms with Gasteiger partial charge in [0.05, 0.1) is 11.9 Å². The van der Waals surface area contributed by atoms with E-state index >= 15 is 0 Å². The molecule has 4 heteroatoms. The van der Waals surface area contributed by atoms with Gasteiger partial charge in [-0.15, -0.1) is 0 Å². The molecule has 1 aromatic carbocycles. The molecule has 2 aliphatic carbocycles. The average Bonchev–Trinajstić information content (AvgIpc) is 3.51. The van der Waals surface area contributed by atoms with E-state index in [1.807, 2.05) is 0 Å². The molecular weight excluding hydrogens is 348 g/mol. The third-order valence-corrected chi connectivity index (χ3v) is 6.77. The van der Waals surface area contributed by atoms with Crippen molar-refractivity contribution in [3.8, 4) is 0 Å². The molecule has 4 nitrogen and oxygen atoms in total. The van der Waals surface area contributed by atoms with Crippen LogP contribution in [0.1, 0.15) is 73.4 Å². The van der Waals surface area contributed by atoms with Crippen LogP contribution in [-0.2, 0) is 17.6 Å². The molecule has 2 N–H and O–H groups in total. The molecule has 0 radical (unpaired) electrons. The Morgan fingerprint density at radius 3 is 2.54 bits per heavy atom. The minimum atomic E-state index is -0.0510. The van der Waals surface area contributed by atoms with Crippen molar-refractivity contribution >= 4 is 5.91 Å². The van der Waals surface area contributed by atoms with Crippen LogP contribution in [0.5, 0.6) is 0 Å². The summed E-state index contributed by atoms with van der Waals surface area (Å²) in [5.41, 5.74) is 9.19. The summed E-state index contributed by atoms with van der Waals surface area (Å²) in [5.74, 6) is 1.12. The van der Waals surface area contributed by atoms with Gasteiger partial charge < -0.3 is 10.5 Å². The molecule has 0 bridgehead atoms. The maximum absolute atomic E-state index is 13.1. The van der Waals surface area contributed by atoms with Crippen LogP contribution in [0.4, 0.5) is 0 Å². The number of methoxy groups -OCH3 is 1. The molecular formula is C24H36N2O2. The van der Waals surface area contributed by atoms with Crippen molar-refractivity contribution in [2.45, 2.75) is 70.8 Å². The summed E-state index contributed by atoms with van der Waals surface area (Å²) in [6.07, 6.45) is 10.7. The molecule has 0 aliphatic heterocycles. The summed E-state index contributed by atoms with van der Waals surface area (Å²) in [6.45, 7) is 6.08. The van der Waals surface area contributed by atoms with E-state index in [4.69, 9.17) is 10.5 Å². The maximum atomic E-state index is 13.1. The van der Waals surface area contributed by atoms with Gasteiger partial charge in [-0.25, -0.2) is 0 Å². The molecule has 2 aliphatic rings. The molecule has 0 unspecified atom stereocenters. The summed E-state index contributed by atoms with van der Waals surface area (Å²) in [7, 11) is 3.51. The van der Waals surface area contributed by atoms with Crippen molar-refractivity contribution < 1.29 is 9.53 Å². The molecule has 2 fully saturated rings. The van der Waals surface area contributed by atoms with Crippen molar-refractivity contribution in [3.05, 3.63) is 47.3 Å². The second-order valence-corrected chi connectivity index (χ2v) is 9.25. The third-order valence-electron chi connectivity index (χ3n) is 6.77. The number of amides is 1. The summed E-state index contributed by atoms with van der Waals surface area (Å²) in [5, 5.41) is 0. The van der Waals surface area contributed by atoms with Crippen LogP contribution in [0.15, 0.2) is 30.6 Å². The first-order valence-electron chi connectivity index (χ1n) is 10.7. The van der Waals surface area contributed by atoms with E-state index < -0.39 is 0 Å². The lowest BCUT2D eigenvalue weighted by Crippen LogP contribution is -2.33. The van der Waals surface area contributed by atoms with Crippen LogP contribution in [0.3, 0.4) is 0 Å². The molecule has 0 atom stereocenters. The Balaban J connectivity index is 1.81. The van der Waals surface area contributed by atoms with Crippen LogP contribution in [0, 0.1) is 11.3 Å². The number of hydrogen-bond donors (Lipinski definition) is 1. The zero-order valence-corrected chi connectivity index (χ0v) is 17.8. The quantitative estimate of drug-likeness (QED) is 0.709. The molecule has 2 saturated carbocycles. The van der Waals surface area contributed by atoms with Gasteiger partial charge in [-0.3, -0.25) is 9.69 Å². The number of hydrogen-bond acceptors (Lipinski definition) is 3. The summed E-state index contributed by atoms with van der Waals surface area (Å²) in [6, 6.07) is 6.50. The molecule has 28 heavy (non-hydrogen) atoms. The fourth-order valence-electron chi connectivity index (χ4n) is 4.38. The van der Waals surface area contributed by atoms with Crippen LogP contribution in [0.2, 0.25) is 0 Å². The smallest absolute Gasteiger partial charge is 0.259 e. The molecule has 0 heterocycles. The van der Waals surface area contributed by atoms with Gasteiger partial charge in [0, 0.05) is 19.7 Å². The Morgan fingerprint density at radius 2 is 1.96 bits per heavy atom. The molecule has 0 spiro atoms. The van der Waals surface area contributed by atoms with E-state index in [2.05, 4.69) is 31.7 Å². The fraction of sp³-hybridized carbons (Fsp3) is 0.625. The van der Waals surface area contributed by atoms with E-state index in [-0.39, 0.29) is 17.1 Å². The highest BCUT2D eigenvalue weighted by molar-refractivity contribution is 5.96. The highest BCUT2D eigenvalue weighted by Crippen LogP contribution is 2.40. The van der Waals surface area contributed by atoms with E-state index in [9.17, 15) is 4.79 Å². The predicted molar refractivity (Wildman–Crippen MR) is 114 cm³/mol. The molecule has 1 aromatic rings. The summed E-state index contributed by atoms with van der Waals surface area (Å²) < 4.78 is 5.54. The van der Waals surface area contributed by atoms with Gasteiger partial charge in [-0.05, 0) is 73.5 Å². The largest absolute Gasteiger partial charge is 0.386 e. The number of nitrogens with two attached hydrogens (primary N) is 1. The van der Waals surface area contributed by atoms with Gasteiger partial charge in [0.1, 0.15) is 0 Å². The molecule has 0 saturated heterocycles. The lowest BCUT2D eigenvalue weighted by Gasteiger charge is -2.37. The van der Waals surface area contributed by atoms with E-state index in [0.717, 1.165) is 55.6 Å². The van der Waals surface area contributed by atoms with Crippen molar-refractivity contribution in [2.75, 3.05) is 14.2 Å². The minimum absolute atomic E-state index is 0.0510.